The number of furan rings is 1. The molecule has 1 aromatic heterocycles. The fourth-order valence-corrected chi connectivity index (χ4v) is 3.71. The molecule has 144 valence electrons. The van der Waals surface area contributed by atoms with Crippen LogP contribution >= 0.6 is 23.2 Å². The van der Waals surface area contributed by atoms with Crippen LogP contribution in [0.2, 0.25) is 10.0 Å². The Morgan fingerprint density at radius 1 is 1.22 bits per heavy atom. The van der Waals surface area contributed by atoms with E-state index in [4.69, 9.17) is 27.6 Å². The second-order valence-corrected chi connectivity index (χ2v) is 7.39. The molecular weight excluding hydrogens is 389 g/mol. The summed E-state index contributed by atoms with van der Waals surface area (Å²) in [5, 5.41) is 6.92. The third kappa shape index (κ3) is 4.96. The zero-order valence-corrected chi connectivity index (χ0v) is 16.4. The number of nitrogens with zero attached hydrogens (tertiary/aromatic N) is 1. The van der Waals surface area contributed by atoms with E-state index in [9.17, 15) is 9.59 Å². The molecule has 0 radical (unpaired) electrons. The molecule has 2 aromatic rings. The van der Waals surface area contributed by atoms with E-state index in [0.717, 1.165) is 5.56 Å². The van der Waals surface area contributed by atoms with E-state index in [-0.39, 0.29) is 24.0 Å². The van der Waals surface area contributed by atoms with E-state index in [1.807, 2.05) is 6.92 Å². The van der Waals surface area contributed by atoms with E-state index in [0.29, 0.717) is 41.7 Å². The van der Waals surface area contributed by atoms with Gasteiger partial charge in [-0.3, -0.25) is 4.79 Å². The van der Waals surface area contributed by atoms with Gasteiger partial charge in [0.05, 0.1) is 12.3 Å². The first kappa shape index (κ1) is 19.6. The lowest BCUT2D eigenvalue weighted by Gasteiger charge is -2.32. The number of hydrogen-bond acceptors (Lipinski definition) is 3. The molecular formula is C19H21Cl2N3O3. The highest BCUT2D eigenvalue weighted by molar-refractivity contribution is 6.35. The van der Waals surface area contributed by atoms with Gasteiger partial charge in [0, 0.05) is 29.2 Å². The molecule has 3 amide bonds. The van der Waals surface area contributed by atoms with Crippen LogP contribution in [0.4, 0.5) is 4.79 Å². The molecule has 0 saturated carbocycles. The molecule has 1 aliphatic rings. The van der Waals surface area contributed by atoms with Crippen LogP contribution in [-0.2, 0) is 0 Å². The number of hydrogen-bond donors (Lipinski definition) is 2. The topological polar surface area (TPSA) is 74.6 Å². The Kier molecular flexibility index (Phi) is 6.29. The number of nitrogens with one attached hydrogen (secondary N) is 2. The van der Waals surface area contributed by atoms with Crippen molar-refractivity contribution < 1.29 is 14.0 Å². The maximum absolute atomic E-state index is 12.3. The second-order valence-electron chi connectivity index (χ2n) is 6.55. The normalized spacial score (nSPS) is 16.0. The van der Waals surface area contributed by atoms with E-state index in [1.165, 1.54) is 6.26 Å². The van der Waals surface area contributed by atoms with Crippen molar-refractivity contribution in [2.24, 2.45) is 0 Å². The second kappa shape index (κ2) is 8.67. The third-order valence-corrected chi connectivity index (χ3v) is 5.19. The number of carbonyl (C=O) groups is 2. The Labute approximate surface area is 167 Å². The summed E-state index contributed by atoms with van der Waals surface area (Å²) in [5.41, 5.74) is 0.801. The highest BCUT2D eigenvalue weighted by Crippen LogP contribution is 2.26. The van der Waals surface area contributed by atoms with Crippen LogP contribution in [0.25, 0.3) is 0 Å². The highest BCUT2D eigenvalue weighted by Gasteiger charge is 2.26. The summed E-state index contributed by atoms with van der Waals surface area (Å²) in [4.78, 5) is 26.3. The van der Waals surface area contributed by atoms with Crippen molar-refractivity contribution in [3.8, 4) is 0 Å². The van der Waals surface area contributed by atoms with Gasteiger partial charge in [0.1, 0.15) is 0 Å². The van der Waals surface area contributed by atoms with Crippen LogP contribution < -0.4 is 10.6 Å². The molecule has 27 heavy (non-hydrogen) atoms. The summed E-state index contributed by atoms with van der Waals surface area (Å²) in [6.07, 6.45) is 2.87. The molecule has 1 aromatic carbocycles. The predicted molar refractivity (Wildman–Crippen MR) is 104 cm³/mol. The summed E-state index contributed by atoms with van der Waals surface area (Å²) in [7, 11) is 0. The zero-order valence-electron chi connectivity index (χ0n) is 14.9. The fraction of sp³-hybridized carbons (Fsp3) is 0.368. The Morgan fingerprint density at radius 2 is 1.96 bits per heavy atom. The van der Waals surface area contributed by atoms with Crippen molar-refractivity contribution in [1.29, 1.82) is 0 Å². The molecule has 1 fully saturated rings. The summed E-state index contributed by atoms with van der Waals surface area (Å²) in [6.45, 7) is 3.01. The first-order chi connectivity index (χ1) is 12.9. The van der Waals surface area contributed by atoms with E-state index < -0.39 is 0 Å². The van der Waals surface area contributed by atoms with Crippen molar-refractivity contribution in [2.45, 2.75) is 31.8 Å². The van der Waals surface area contributed by atoms with Gasteiger partial charge in [-0.25, -0.2) is 4.79 Å². The predicted octanol–water partition coefficient (Wildman–Crippen LogP) is 4.25. The molecule has 0 spiro atoms. The number of piperidine rings is 1. The van der Waals surface area contributed by atoms with Crippen LogP contribution in [0, 0.1) is 0 Å². The maximum atomic E-state index is 12.3. The monoisotopic (exact) mass is 409 g/mol. The van der Waals surface area contributed by atoms with Gasteiger partial charge >= 0.3 is 6.03 Å². The molecule has 1 atom stereocenters. The SMILES string of the molecule is CC(NC(=O)NC1CCN(C(=O)c2ccco2)CC1)c1ccc(Cl)cc1Cl. The number of halogens is 2. The molecule has 1 aliphatic heterocycles. The first-order valence-electron chi connectivity index (χ1n) is 8.79. The minimum Gasteiger partial charge on any atom is -0.459 e. The average Bonchev–Trinajstić information content (AvgIpc) is 3.16. The van der Waals surface area contributed by atoms with Crippen LogP contribution in [0.15, 0.2) is 41.0 Å². The lowest BCUT2D eigenvalue weighted by atomic mass is 10.0. The van der Waals surface area contributed by atoms with Gasteiger partial charge in [0.15, 0.2) is 5.76 Å². The van der Waals surface area contributed by atoms with Crippen LogP contribution in [0.1, 0.15) is 41.9 Å². The van der Waals surface area contributed by atoms with E-state index in [1.54, 1.807) is 35.2 Å². The number of carbonyl (C=O) groups excluding carboxylic acids is 2. The number of rotatable bonds is 4. The molecule has 6 nitrogen and oxygen atoms in total. The Hall–Kier alpha value is -2.18. The number of amides is 3. The molecule has 8 heteroatoms. The Morgan fingerprint density at radius 3 is 2.59 bits per heavy atom. The van der Waals surface area contributed by atoms with Crippen LogP contribution in [-0.4, -0.2) is 36.0 Å². The summed E-state index contributed by atoms with van der Waals surface area (Å²) >= 11 is 12.1. The molecule has 0 aliphatic carbocycles. The minimum absolute atomic E-state index is 0.0125. The molecule has 2 heterocycles. The van der Waals surface area contributed by atoms with Gasteiger partial charge < -0.3 is 20.0 Å². The van der Waals surface area contributed by atoms with Crippen LogP contribution in [0.5, 0.6) is 0 Å². The Balaban J connectivity index is 1.47. The van der Waals surface area contributed by atoms with Crippen molar-refractivity contribution in [1.82, 2.24) is 15.5 Å². The molecule has 1 unspecified atom stereocenters. The summed E-state index contributed by atoms with van der Waals surface area (Å²) < 4.78 is 5.15. The largest absolute Gasteiger partial charge is 0.459 e. The first-order valence-corrected chi connectivity index (χ1v) is 9.54. The molecule has 1 saturated heterocycles. The highest BCUT2D eigenvalue weighted by atomic mass is 35.5. The van der Waals surface area contributed by atoms with Gasteiger partial charge in [0.2, 0.25) is 0 Å². The lowest BCUT2D eigenvalue weighted by molar-refractivity contribution is 0.0676. The summed E-state index contributed by atoms with van der Waals surface area (Å²) in [5.74, 6) is 0.224. The van der Waals surface area contributed by atoms with E-state index >= 15 is 0 Å². The van der Waals surface area contributed by atoms with Crippen molar-refractivity contribution >= 4 is 35.1 Å². The molecule has 0 bridgehead atoms. The standard InChI is InChI=1S/C19H21Cl2N3O3/c1-12(15-5-4-13(20)11-16(15)21)22-19(26)23-14-6-8-24(9-7-14)18(25)17-3-2-10-27-17/h2-5,10-12,14H,6-9H2,1H3,(H2,22,23,26). The quantitative estimate of drug-likeness (QED) is 0.792. The number of urea groups is 1. The molecule has 3 rings (SSSR count). The van der Waals surface area contributed by atoms with Gasteiger partial charge in [-0.05, 0) is 49.6 Å². The van der Waals surface area contributed by atoms with Crippen LogP contribution in [0.3, 0.4) is 0 Å². The zero-order chi connectivity index (χ0) is 19.4. The maximum Gasteiger partial charge on any atom is 0.315 e. The van der Waals surface area contributed by atoms with Gasteiger partial charge in [-0.15, -0.1) is 0 Å². The van der Waals surface area contributed by atoms with Gasteiger partial charge in [-0.2, -0.15) is 0 Å². The van der Waals surface area contributed by atoms with Gasteiger partial charge in [0.25, 0.3) is 5.91 Å². The van der Waals surface area contributed by atoms with Crippen molar-refractivity contribution in [3.63, 3.8) is 0 Å². The minimum atomic E-state index is -0.260. The van der Waals surface area contributed by atoms with Crippen molar-refractivity contribution in [2.75, 3.05) is 13.1 Å². The fourth-order valence-electron chi connectivity index (χ4n) is 3.14. The van der Waals surface area contributed by atoms with Crippen molar-refractivity contribution in [3.05, 3.63) is 58.0 Å². The number of benzene rings is 1. The average molecular weight is 410 g/mol. The number of likely N-dealkylation sites (tertiary alicyclic amines) is 1. The molecule has 2 N–H and O–H groups in total. The van der Waals surface area contributed by atoms with E-state index in [2.05, 4.69) is 10.6 Å². The lowest BCUT2D eigenvalue weighted by Crippen LogP contribution is -2.49. The third-order valence-electron chi connectivity index (χ3n) is 4.63. The Bertz CT molecular complexity index is 803. The summed E-state index contributed by atoms with van der Waals surface area (Å²) in [6, 6.07) is 8.04. The smallest absolute Gasteiger partial charge is 0.315 e. The van der Waals surface area contributed by atoms with Gasteiger partial charge in [-0.1, -0.05) is 29.3 Å².